The van der Waals surface area contributed by atoms with E-state index in [1.807, 2.05) is 13.8 Å². The van der Waals surface area contributed by atoms with Crippen molar-refractivity contribution < 1.29 is 0 Å². The van der Waals surface area contributed by atoms with Crippen LogP contribution in [-0.4, -0.2) is 5.71 Å². The summed E-state index contributed by atoms with van der Waals surface area (Å²) in [5.74, 6) is 2.03. The van der Waals surface area contributed by atoms with Gasteiger partial charge in [0.25, 0.3) is 0 Å². The van der Waals surface area contributed by atoms with E-state index in [9.17, 15) is 0 Å². The third kappa shape index (κ3) is 7.06. The van der Waals surface area contributed by atoms with Crippen LogP contribution in [0.5, 0.6) is 0 Å². The zero-order valence-corrected chi connectivity index (χ0v) is 24.5. The maximum Gasteiger partial charge on any atom is 0.0453 e. The molecule has 0 aliphatic heterocycles. The Bertz CT molecular complexity index is 1110. The molecule has 3 rings (SSSR count). The summed E-state index contributed by atoms with van der Waals surface area (Å²) in [6.07, 6.45) is 3.48. The molecule has 1 heteroatoms. The van der Waals surface area contributed by atoms with Crippen LogP contribution >= 0.6 is 0 Å². The van der Waals surface area contributed by atoms with Crippen LogP contribution in [0.3, 0.4) is 0 Å². The zero-order chi connectivity index (χ0) is 26.4. The molecule has 1 aliphatic rings. The predicted molar refractivity (Wildman–Crippen MR) is 157 cm³/mol. The predicted octanol–water partition coefficient (Wildman–Crippen LogP) is 10.4. The number of hydrogen-bond acceptors (Lipinski definition) is 1. The Morgan fingerprint density at radius 1 is 0.857 bits per heavy atom. The number of allylic oxidation sites excluding steroid dienone is 4. The number of benzene rings is 2. The highest BCUT2D eigenvalue weighted by molar-refractivity contribution is 6.02. The molecule has 0 heterocycles. The lowest BCUT2D eigenvalue weighted by atomic mass is 9.90. The van der Waals surface area contributed by atoms with Crippen LogP contribution in [0.4, 0.5) is 0 Å². The molecule has 0 amide bonds. The van der Waals surface area contributed by atoms with Crippen molar-refractivity contribution >= 4 is 5.71 Å². The molecule has 0 bridgehead atoms. The van der Waals surface area contributed by atoms with Gasteiger partial charge in [0.15, 0.2) is 0 Å². The Morgan fingerprint density at radius 3 is 2.09 bits per heavy atom. The number of aryl methyl sites for hydroxylation is 2. The second-order valence-electron chi connectivity index (χ2n) is 10.8. The van der Waals surface area contributed by atoms with E-state index in [1.165, 1.54) is 44.7 Å². The van der Waals surface area contributed by atoms with Crippen LogP contribution in [0.1, 0.15) is 127 Å². The SMILES string of the molecule is CC.CC(=N/C(C)=C(/CC1=CC1c1cc(C(C)C)ccc1C)C(C)C)c1c(C)cccc1C(C)C. The van der Waals surface area contributed by atoms with Gasteiger partial charge in [-0.25, -0.2) is 0 Å². The van der Waals surface area contributed by atoms with E-state index in [2.05, 4.69) is 112 Å². The standard InChI is InChI=1S/C32H43N.C2H6/c1-19(2)26-15-14-22(7)30(16-26)31-18-27(31)17-29(21(5)6)24(9)33-25(10)32-23(8)12-11-13-28(32)20(3)4;1-2/h11-16,18-21,31H,17H2,1-10H3;1-2H3/b29-24-,33-25?;. The fourth-order valence-electron chi connectivity index (χ4n) is 4.99. The molecule has 1 unspecified atom stereocenters. The molecule has 0 N–H and O–H groups in total. The summed E-state index contributed by atoms with van der Waals surface area (Å²) in [7, 11) is 0. The zero-order valence-electron chi connectivity index (χ0n) is 24.5. The van der Waals surface area contributed by atoms with E-state index < -0.39 is 0 Å². The van der Waals surface area contributed by atoms with Gasteiger partial charge in [-0.15, -0.1) is 0 Å². The maximum atomic E-state index is 5.18. The second kappa shape index (κ2) is 12.5. The van der Waals surface area contributed by atoms with Gasteiger partial charge >= 0.3 is 0 Å². The first kappa shape index (κ1) is 28.8. The van der Waals surface area contributed by atoms with Crippen molar-refractivity contribution in [3.05, 3.63) is 92.7 Å². The largest absolute Gasteiger partial charge is 0.258 e. The third-order valence-corrected chi connectivity index (χ3v) is 7.16. The van der Waals surface area contributed by atoms with Crippen LogP contribution in [0.2, 0.25) is 0 Å². The monoisotopic (exact) mass is 471 g/mol. The first-order chi connectivity index (χ1) is 16.5. The quantitative estimate of drug-likeness (QED) is 0.268. The van der Waals surface area contributed by atoms with Crippen molar-refractivity contribution in [2.75, 3.05) is 0 Å². The molecule has 0 spiro atoms. The molecule has 190 valence electrons. The molecule has 0 fully saturated rings. The Kier molecular flexibility index (Phi) is 10.3. The highest BCUT2D eigenvalue weighted by atomic mass is 14.8. The summed E-state index contributed by atoms with van der Waals surface area (Å²) < 4.78 is 0. The molecule has 1 aliphatic carbocycles. The van der Waals surface area contributed by atoms with Gasteiger partial charge in [0.2, 0.25) is 0 Å². The van der Waals surface area contributed by atoms with Gasteiger partial charge in [0.05, 0.1) is 0 Å². The number of hydrogen-bond donors (Lipinski definition) is 0. The minimum absolute atomic E-state index is 0.480. The molecule has 0 radical (unpaired) electrons. The molecule has 1 nitrogen and oxygen atoms in total. The first-order valence-electron chi connectivity index (χ1n) is 13.7. The van der Waals surface area contributed by atoms with E-state index in [4.69, 9.17) is 4.99 Å². The second-order valence-corrected chi connectivity index (χ2v) is 10.8. The average Bonchev–Trinajstić information content (AvgIpc) is 3.57. The normalized spacial score (nSPS) is 16.3. The maximum absolute atomic E-state index is 5.18. The summed E-state index contributed by atoms with van der Waals surface area (Å²) in [6, 6.07) is 13.6. The van der Waals surface area contributed by atoms with Crippen molar-refractivity contribution in [1.82, 2.24) is 0 Å². The lowest BCUT2D eigenvalue weighted by Gasteiger charge is -2.18. The Balaban J connectivity index is 0.00000210. The molecule has 35 heavy (non-hydrogen) atoms. The van der Waals surface area contributed by atoms with Gasteiger partial charge < -0.3 is 0 Å². The van der Waals surface area contributed by atoms with Crippen LogP contribution < -0.4 is 0 Å². The van der Waals surface area contributed by atoms with Gasteiger partial charge in [0.1, 0.15) is 0 Å². The molecule has 2 aromatic rings. The summed E-state index contributed by atoms with van der Waals surface area (Å²) in [5.41, 5.74) is 13.7. The number of aliphatic imine (C=N–C) groups is 1. The van der Waals surface area contributed by atoms with Crippen molar-refractivity contribution in [3.8, 4) is 0 Å². The lowest BCUT2D eigenvalue weighted by Crippen LogP contribution is -2.07. The smallest absolute Gasteiger partial charge is 0.0453 e. The molecule has 0 saturated heterocycles. The fourth-order valence-corrected chi connectivity index (χ4v) is 4.99. The van der Waals surface area contributed by atoms with E-state index in [-0.39, 0.29) is 0 Å². The van der Waals surface area contributed by atoms with Crippen LogP contribution in [0.15, 0.2) is 64.3 Å². The van der Waals surface area contributed by atoms with Crippen LogP contribution in [0, 0.1) is 19.8 Å². The van der Waals surface area contributed by atoms with E-state index in [0.29, 0.717) is 23.7 Å². The van der Waals surface area contributed by atoms with Crippen molar-refractivity contribution in [2.45, 2.75) is 107 Å². The molecular formula is C34H49N. The Morgan fingerprint density at radius 2 is 1.51 bits per heavy atom. The van der Waals surface area contributed by atoms with Crippen molar-refractivity contribution in [1.29, 1.82) is 0 Å². The van der Waals surface area contributed by atoms with Gasteiger partial charge in [-0.05, 0) is 85.3 Å². The summed E-state index contributed by atoms with van der Waals surface area (Å²) >= 11 is 0. The van der Waals surface area contributed by atoms with Gasteiger partial charge in [-0.2, -0.15) is 0 Å². The molecular weight excluding hydrogens is 422 g/mol. The van der Waals surface area contributed by atoms with Crippen LogP contribution in [0.25, 0.3) is 0 Å². The lowest BCUT2D eigenvalue weighted by molar-refractivity contribution is 0.724. The summed E-state index contributed by atoms with van der Waals surface area (Å²) in [6.45, 7) is 26.5. The minimum Gasteiger partial charge on any atom is -0.258 e. The third-order valence-electron chi connectivity index (χ3n) is 7.16. The summed E-state index contributed by atoms with van der Waals surface area (Å²) in [5, 5.41) is 0. The Hall–Kier alpha value is -2.41. The van der Waals surface area contributed by atoms with Gasteiger partial charge in [-0.3, -0.25) is 4.99 Å². The van der Waals surface area contributed by atoms with E-state index in [0.717, 1.165) is 12.1 Å². The fraction of sp³-hybridized carbons (Fsp3) is 0.500. The highest BCUT2D eigenvalue weighted by Gasteiger charge is 2.29. The minimum atomic E-state index is 0.480. The number of nitrogens with zero attached hydrogens (tertiary/aromatic N) is 1. The van der Waals surface area contributed by atoms with E-state index in [1.54, 1.807) is 5.57 Å². The average molecular weight is 472 g/mol. The Labute approximate surface area is 216 Å². The molecule has 0 saturated carbocycles. The number of rotatable bonds is 8. The van der Waals surface area contributed by atoms with E-state index >= 15 is 0 Å². The van der Waals surface area contributed by atoms with Crippen molar-refractivity contribution in [2.24, 2.45) is 10.9 Å². The summed E-state index contributed by atoms with van der Waals surface area (Å²) in [4.78, 5) is 5.18. The molecule has 1 atom stereocenters. The van der Waals surface area contributed by atoms with Gasteiger partial charge in [0, 0.05) is 22.9 Å². The first-order valence-corrected chi connectivity index (χ1v) is 13.7. The van der Waals surface area contributed by atoms with Gasteiger partial charge in [-0.1, -0.05) is 103 Å². The van der Waals surface area contributed by atoms with Crippen LogP contribution in [-0.2, 0) is 0 Å². The topological polar surface area (TPSA) is 12.4 Å². The molecule has 0 aromatic heterocycles. The molecule has 2 aromatic carbocycles. The van der Waals surface area contributed by atoms with Crippen molar-refractivity contribution in [3.63, 3.8) is 0 Å². The highest BCUT2D eigenvalue weighted by Crippen LogP contribution is 2.46.